The molecule has 2 heterocycles. The van der Waals surface area contributed by atoms with Crippen LogP contribution in [0.3, 0.4) is 0 Å². The first kappa shape index (κ1) is 18.4. The molecule has 1 atom stereocenters. The molecule has 156 valence electrons. The van der Waals surface area contributed by atoms with E-state index in [9.17, 15) is 4.79 Å². The van der Waals surface area contributed by atoms with E-state index in [1.807, 2.05) is 24.3 Å². The minimum atomic E-state index is -0.327. The average Bonchev–Trinajstić information content (AvgIpc) is 3.44. The highest BCUT2D eigenvalue weighted by atomic mass is 16.1. The van der Waals surface area contributed by atoms with E-state index in [0.29, 0.717) is 17.0 Å². The van der Waals surface area contributed by atoms with Crippen molar-refractivity contribution in [3.8, 4) is 0 Å². The van der Waals surface area contributed by atoms with E-state index in [2.05, 4.69) is 34.1 Å². The third kappa shape index (κ3) is 2.96. The van der Waals surface area contributed by atoms with Gasteiger partial charge < -0.3 is 10.6 Å². The summed E-state index contributed by atoms with van der Waals surface area (Å²) < 4.78 is 0. The molecule has 0 radical (unpaired) electrons. The first-order chi connectivity index (χ1) is 14.6. The lowest BCUT2D eigenvalue weighted by atomic mass is 9.60. The molecular weight excluding hydrogens is 370 g/mol. The van der Waals surface area contributed by atoms with Crippen LogP contribution in [-0.4, -0.2) is 36.5 Å². The summed E-state index contributed by atoms with van der Waals surface area (Å²) in [7, 11) is 0. The van der Waals surface area contributed by atoms with E-state index in [1.165, 1.54) is 45.1 Å². The summed E-state index contributed by atoms with van der Waals surface area (Å²) in [5, 5.41) is 0. The number of amides is 1. The van der Waals surface area contributed by atoms with Crippen molar-refractivity contribution in [2.45, 2.75) is 56.5 Å². The molecule has 2 aliphatic heterocycles. The minimum Gasteiger partial charge on any atom is -0.370 e. The van der Waals surface area contributed by atoms with Crippen LogP contribution in [0.5, 0.6) is 0 Å². The van der Waals surface area contributed by atoms with Gasteiger partial charge in [-0.15, -0.1) is 0 Å². The summed E-state index contributed by atoms with van der Waals surface area (Å²) in [6, 6.07) is 18.4. The van der Waals surface area contributed by atoms with Gasteiger partial charge in [0.2, 0.25) is 0 Å². The lowest BCUT2D eigenvalue weighted by Crippen LogP contribution is -2.66. The standard InChI is InChI=1S/C26H31N3O/c27-25(30)22-8-3-4-9-23(22)28-16-26(17-28)14-19(15-26)29-13-5-10-24(29)21-7-2-1-6-20(21)18-11-12-18/h1-4,6-9,18-19,24H,5,10-17H2,(H2,27,30)/t24-/m0/s1. The summed E-state index contributed by atoms with van der Waals surface area (Å²) in [5.74, 6) is 0.495. The van der Waals surface area contributed by atoms with Gasteiger partial charge >= 0.3 is 0 Å². The Bertz CT molecular complexity index is 968. The van der Waals surface area contributed by atoms with Gasteiger partial charge in [0.1, 0.15) is 0 Å². The van der Waals surface area contributed by atoms with Crippen molar-refractivity contribution in [1.82, 2.24) is 4.90 Å². The summed E-state index contributed by atoms with van der Waals surface area (Å²) in [6.07, 6.45) is 7.98. The van der Waals surface area contributed by atoms with Crippen LogP contribution in [0.15, 0.2) is 48.5 Å². The molecule has 30 heavy (non-hydrogen) atoms. The van der Waals surface area contributed by atoms with Crippen LogP contribution in [-0.2, 0) is 0 Å². The number of likely N-dealkylation sites (tertiary alicyclic amines) is 1. The number of nitrogens with two attached hydrogens (primary N) is 1. The van der Waals surface area contributed by atoms with E-state index < -0.39 is 0 Å². The van der Waals surface area contributed by atoms with Crippen molar-refractivity contribution < 1.29 is 4.79 Å². The number of anilines is 1. The molecule has 0 unspecified atom stereocenters. The highest BCUT2D eigenvalue weighted by Crippen LogP contribution is 2.55. The number of hydrogen-bond acceptors (Lipinski definition) is 3. The van der Waals surface area contributed by atoms with Crippen molar-refractivity contribution in [2.24, 2.45) is 11.1 Å². The molecule has 4 fully saturated rings. The van der Waals surface area contributed by atoms with Gasteiger partial charge in [0.25, 0.3) is 5.91 Å². The van der Waals surface area contributed by atoms with E-state index in [-0.39, 0.29) is 5.91 Å². The topological polar surface area (TPSA) is 49.6 Å². The Kier molecular flexibility index (Phi) is 4.21. The molecular formula is C26H31N3O. The molecule has 0 bridgehead atoms. The van der Waals surface area contributed by atoms with Crippen molar-refractivity contribution >= 4 is 11.6 Å². The Hall–Kier alpha value is -2.33. The Balaban J connectivity index is 1.13. The van der Waals surface area contributed by atoms with E-state index in [0.717, 1.165) is 30.7 Å². The van der Waals surface area contributed by atoms with E-state index in [4.69, 9.17) is 5.73 Å². The van der Waals surface area contributed by atoms with Gasteiger partial charge in [-0.2, -0.15) is 0 Å². The first-order valence-corrected chi connectivity index (χ1v) is 11.6. The summed E-state index contributed by atoms with van der Waals surface area (Å²) in [4.78, 5) is 16.9. The zero-order valence-electron chi connectivity index (χ0n) is 17.6. The van der Waals surface area contributed by atoms with Crippen molar-refractivity contribution in [3.05, 3.63) is 65.2 Å². The number of rotatable bonds is 5. The molecule has 4 heteroatoms. The normalized spacial score (nSPS) is 25.9. The van der Waals surface area contributed by atoms with Gasteiger partial charge in [0, 0.05) is 36.3 Å². The zero-order chi connectivity index (χ0) is 20.3. The highest BCUT2D eigenvalue weighted by Gasteiger charge is 2.55. The smallest absolute Gasteiger partial charge is 0.250 e. The number of nitrogens with zero attached hydrogens (tertiary/aromatic N) is 2. The second kappa shape index (κ2) is 6.84. The summed E-state index contributed by atoms with van der Waals surface area (Å²) >= 11 is 0. The second-order valence-electron chi connectivity index (χ2n) is 10.1. The molecule has 6 rings (SSSR count). The monoisotopic (exact) mass is 401 g/mol. The van der Waals surface area contributed by atoms with Gasteiger partial charge in [0.15, 0.2) is 0 Å². The largest absolute Gasteiger partial charge is 0.370 e. The molecule has 2 saturated heterocycles. The van der Waals surface area contributed by atoms with Crippen LogP contribution < -0.4 is 10.6 Å². The predicted octanol–water partition coefficient (Wildman–Crippen LogP) is 4.47. The lowest BCUT2D eigenvalue weighted by Gasteiger charge is -2.62. The van der Waals surface area contributed by atoms with Crippen LogP contribution in [0.1, 0.15) is 72.0 Å². The van der Waals surface area contributed by atoms with Crippen molar-refractivity contribution in [1.29, 1.82) is 0 Å². The fraction of sp³-hybridized carbons (Fsp3) is 0.500. The Morgan fingerprint density at radius 1 is 0.933 bits per heavy atom. The van der Waals surface area contributed by atoms with Gasteiger partial charge in [-0.25, -0.2) is 0 Å². The molecule has 4 nitrogen and oxygen atoms in total. The maximum Gasteiger partial charge on any atom is 0.250 e. The fourth-order valence-electron chi connectivity index (χ4n) is 6.46. The van der Waals surface area contributed by atoms with Crippen LogP contribution >= 0.6 is 0 Å². The van der Waals surface area contributed by atoms with Crippen molar-refractivity contribution in [3.63, 3.8) is 0 Å². The molecule has 1 spiro atoms. The number of carbonyl (C=O) groups excluding carboxylic acids is 1. The van der Waals surface area contributed by atoms with Crippen LogP contribution in [0.2, 0.25) is 0 Å². The minimum absolute atomic E-state index is 0.327. The Morgan fingerprint density at radius 2 is 1.63 bits per heavy atom. The third-order valence-corrected chi connectivity index (χ3v) is 8.04. The summed E-state index contributed by atoms with van der Waals surface area (Å²) in [5.41, 5.74) is 10.9. The molecule has 2 aromatic rings. The SMILES string of the molecule is NC(=O)c1ccccc1N1CC2(CC(N3CCC[C@H]3c3ccccc3C3CC3)C2)C1. The molecule has 1 amide bonds. The number of para-hydroxylation sites is 1. The second-order valence-corrected chi connectivity index (χ2v) is 10.1. The summed E-state index contributed by atoms with van der Waals surface area (Å²) in [6.45, 7) is 3.37. The maximum absolute atomic E-state index is 11.8. The molecule has 2 aliphatic carbocycles. The zero-order valence-corrected chi connectivity index (χ0v) is 17.6. The van der Waals surface area contributed by atoms with Gasteiger partial charge in [-0.05, 0) is 74.2 Å². The quantitative estimate of drug-likeness (QED) is 0.804. The molecule has 0 aromatic heterocycles. The fourth-order valence-corrected chi connectivity index (χ4v) is 6.46. The van der Waals surface area contributed by atoms with Crippen LogP contribution in [0.25, 0.3) is 0 Å². The van der Waals surface area contributed by atoms with Crippen LogP contribution in [0, 0.1) is 5.41 Å². The highest BCUT2D eigenvalue weighted by molar-refractivity contribution is 5.98. The lowest BCUT2D eigenvalue weighted by molar-refractivity contribution is -0.0257. The van der Waals surface area contributed by atoms with Crippen LogP contribution in [0.4, 0.5) is 5.69 Å². The number of primary amides is 1. The van der Waals surface area contributed by atoms with Crippen molar-refractivity contribution in [2.75, 3.05) is 24.5 Å². The number of hydrogen-bond donors (Lipinski definition) is 1. The molecule has 2 N–H and O–H groups in total. The predicted molar refractivity (Wildman–Crippen MR) is 120 cm³/mol. The molecule has 2 aromatic carbocycles. The Labute approximate surface area is 179 Å². The van der Waals surface area contributed by atoms with Gasteiger partial charge in [-0.3, -0.25) is 9.69 Å². The third-order valence-electron chi connectivity index (χ3n) is 8.04. The maximum atomic E-state index is 11.8. The number of carbonyl (C=O) groups is 1. The van der Waals surface area contributed by atoms with E-state index in [1.54, 1.807) is 11.1 Å². The molecule has 4 aliphatic rings. The molecule has 2 saturated carbocycles. The Morgan fingerprint density at radius 3 is 2.37 bits per heavy atom. The number of benzene rings is 2. The first-order valence-electron chi connectivity index (χ1n) is 11.6. The van der Waals surface area contributed by atoms with Gasteiger partial charge in [0.05, 0.1) is 5.56 Å². The van der Waals surface area contributed by atoms with Gasteiger partial charge in [-0.1, -0.05) is 36.4 Å². The van der Waals surface area contributed by atoms with E-state index >= 15 is 0 Å². The average molecular weight is 402 g/mol.